The zero-order valence-corrected chi connectivity index (χ0v) is 25.1. The third-order valence-corrected chi connectivity index (χ3v) is 5.93. The van der Waals surface area contributed by atoms with E-state index in [1.807, 2.05) is 69.9 Å². The number of benzene rings is 2. The third kappa shape index (κ3) is 17.9. The van der Waals surface area contributed by atoms with Crippen LogP contribution in [0.1, 0.15) is 87.8 Å². The molecule has 2 aromatic rings. The molecule has 0 bridgehead atoms. The van der Waals surface area contributed by atoms with Gasteiger partial charge in [-0.15, -0.1) is 0 Å². The van der Waals surface area contributed by atoms with E-state index in [1.165, 1.54) is 11.1 Å². The maximum atomic E-state index is 11.3. The Labute approximate surface area is 249 Å². The van der Waals surface area contributed by atoms with Crippen LogP contribution in [0.5, 0.6) is 0 Å². The molecule has 2 unspecified atom stereocenters. The summed E-state index contributed by atoms with van der Waals surface area (Å²) in [6.07, 6.45) is 5.43. The van der Waals surface area contributed by atoms with Crippen LogP contribution in [0.3, 0.4) is 0 Å². The van der Waals surface area contributed by atoms with Gasteiger partial charge >= 0.3 is 7.25 Å². The van der Waals surface area contributed by atoms with Crippen LogP contribution in [0.25, 0.3) is 0 Å². The number of nitriles is 2. The number of methoxy groups -OCH3 is 1. The van der Waals surface area contributed by atoms with Gasteiger partial charge in [-0.05, 0) is 66.5 Å². The van der Waals surface area contributed by atoms with Crippen molar-refractivity contribution in [3.63, 3.8) is 0 Å². The molecule has 0 spiro atoms. The number of ketones is 1. The van der Waals surface area contributed by atoms with Crippen LogP contribution in [-0.4, -0.2) is 53.9 Å². The van der Waals surface area contributed by atoms with E-state index in [2.05, 4.69) is 21.5 Å². The standard InChI is InChI=1S/C13H14N2O.C13H13NO.C3H9O.C2H6.BF4/c1-16-13-8-12(6-7-15-13)11-4-2-10(9-14)3-5-11;14-9-10-4-6-11(7-5-10)12-2-1-3-13(15)8-12;1-4(2)3;1-2;2-1(3,4)5/h2-5,12H,6-8H2,1H3;4-7,12H,1-3,8H2;1-3H3;1-2H3;/q;;+1;;-1/i;;;1D;. The molecule has 0 saturated heterocycles. The van der Waals surface area contributed by atoms with Crippen molar-refractivity contribution in [2.24, 2.45) is 4.99 Å². The Hall–Kier alpha value is -3.70. The summed E-state index contributed by atoms with van der Waals surface area (Å²) in [4.78, 5) is 15.6. The second-order valence-corrected chi connectivity index (χ2v) is 9.69. The molecule has 0 aromatic heterocycles. The number of carbonyl (C=O) groups excluding carboxylic acids is 1. The Bertz CT molecular complexity index is 1170. The van der Waals surface area contributed by atoms with Gasteiger partial charge in [-0.25, -0.2) is 0 Å². The van der Waals surface area contributed by atoms with Crippen molar-refractivity contribution in [1.29, 1.82) is 10.5 Å². The SMILES string of the molecule is COC1=NCCC(c2ccc(C#N)cc2)C1.C[O+](C)C.F[B-](F)(F)F.N#Cc1ccc(C2CCCC(=O)C2)cc1.[2H]CC. The average Bonchev–Trinajstić information content (AvgIpc) is 2.97. The van der Waals surface area contributed by atoms with E-state index in [4.69, 9.17) is 16.6 Å². The summed E-state index contributed by atoms with van der Waals surface area (Å²) in [6, 6.07) is 19.6. The Morgan fingerprint density at radius 1 is 0.905 bits per heavy atom. The number of Topliss-reactive ketones (excluding diaryl/α,β-unsaturated/α-hetero) is 1. The maximum Gasteiger partial charge on any atom is 0.673 e. The molecule has 6 nitrogen and oxygen atoms in total. The Morgan fingerprint density at radius 3 is 1.67 bits per heavy atom. The second-order valence-electron chi connectivity index (χ2n) is 9.69. The van der Waals surface area contributed by atoms with Crippen molar-refractivity contribution in [1.82, 2.24) is 0 Å². The normalized spacial score (nSPS) is 17.8. The molecule has 4 rings (SSSR count). The van der Waals surface area contributed by atoms with Crippen molar-refractivity contribution in [3.8, 4) is 12.1 Å². The van der Waals surface area contributed by atoms with Crippen molar-refractivity contribution >= 4 is 18.9 Å². The molecule has 2 aliphatic rings. The number of aliphatic imine (C=N–C) groups is 1. The molecule has 0 N–H and O–H groups in total. The smallest absolute Gasteiger partial charge is 0.484 e. The summed E-state index contributed by atoms with van der Waals surface area (Å²) in [7, 11) is 1.42. The van der Waals surface area contributed by atoms with Gasteiger partial charge in [-0.1, -0.05) is 38.1 Å². The molecular weight excluding hydrogens is 549 g/mol. The number of ether oxygens (including phenoxy) is 1. The predicted octanol–water partition coefficient (Wildman–Crippen LogP) is 8.02. The van der Waals surface area contributed by atoms with Crippen molar-refractivity contribution < 1.29 is 32.5 Å². The van der Waals surface area contributed by atoms with E-state index >= 15 is 0 Å². The van der Waals surface area contributed by atoms with Crippen LogP contribution in [0.4, 0.5) is 17.3 Å². The first-order valence-electron chi connectivity index (χ1n) is 14.2. The first-order chi connectivity index (χ1) is 20.3. The fourth-order valence-electron chi connectivity index (χ4n) is 4.12. The third-order valence-electron chi connectivity index (χ3n) is 5.93. The summed E-state index contributed by atoms with van der Waals surface area (Å²) in [6.45, 7) is 3.12. The number of hydrogen-bond acceptors (Lipinski definition) is 5. The number of halogens is 4. The second kappa shape index (κ2) is 21.1. The monoisotopic (exact) mass is 592 g/mol. The molecule has 2 atom stereocenters. The summed E-state index contributed by atoms with van der Waals surface area (Å²) in [5, 5.41) is 17.4. The first-order valence-corrected chi connectivity index (χ1v) is 13.5. The van der Waals surface area contributed by atoms with Gasteiger partial charge in [0.1, 0.15) is 27.1 Å². The minimum absolute atomic E-state index is 0.371. The van der Waals surface area contributed by atoms with Crippen LogP contribution in [0, 0.1) is 22.7 Å². The average molecular weight is 593 g/mol. The van der Waals surface area contributed by atoms with Gasteiger partial charge in [0.2, 0.25) is 0 Å². The summed E-state index contributed by atoms with van der Waals surface area (Å²) in [5.41, 5.74) is 3.85. The van der Waals surface area contributed by atoms with E-state index in [1.54, 1.807) is 14.0 Å². The largest absolute Gasteiger partial charge is 0.673 e. The predicted molar refractivity (Wildman–Crippen MR) is 160 cm³/mol. The van der Waals surface area contributed by atoms with Crippen LogP contribution in [0.2, 0.25) is 0 Å². The Morgan fingerprint density at radius 2 is 1.31 bits per heavy atom. The fourth-order valence-corrected chi connectivity index (χ4v) is 4.12. The maximum absolute atomic E-state index is 11.3. The van der Waals surface area contributed by atoms with Gasteiger partial charge < -0.3 is 26.4 Å². The molecule has 1 aliphatic heterocycles. The van der Waals surface area contributed by atoms with Gasteiger partial charge in [0, 0.05) is 27.2 Å². The minimum atomic E-state index is -6.00. The lowest BCUT2D eigenvalue weighted by molar-refractivity contribution is -0.120. The molecule has 2 aromatic carbocycles. The highest BCUT2D eigenvalue weighted by atomic mass is 19.5. The molecule has 0 radical (unpaired) electrons. The Balaban J connectivity index is 0.000000602. The van der Waals surface area contributed by atoms with Crippen LogP contribution in [-0.2, 0) is 13.9 Å². The fraction of sp³-hybridized carbons (Fsp3) is 0.484. The molecule has 1 saturated carbocycles. The van der Waals surface area contributed by atoms with E-state index in [-0.39, 0.29) is 0 Å². The van der Waals surface area contributed by atoms with Gasteiger partial charge in [0.25, 0.3) is 0 Å². The molecule has 1 fully saturated rings. The highest BCUT2D eigenvalue weighted by Crippen LogP contribution is 2.31. The molecular formula is C31H42BF4N3O3. The van der Waals surface area contributed by atoms with Gasteiger partial charge in [-0.3, -0.25) is 9.79 Å². The zero-order valence-electron chi connectivity index (χ0n) is 26.1. The highest BCUT2D eigenvalue weighted by Gasteiger charge is 2.21. The van der Waals surface area contributed by atoms with Crippen LogP contribution >= 0.6 is 0 Å². The molecule has 0 amide bonds. The van der Waals surface area contributed by atoms with Crippen LogP contribution < -0.4 is 0 Å². The molecule has 1 heterocycles. The lowest BCUT2D eigenvalue weighted by Gasteiger charge is -2.21. The summed E-state index contributed by atoms with van der Waals surface area (Å²) >= 11 is 0. The zero-order chi connectivity index (χ0) is 32.8. The van der Waals surface area contributed by atoms with E-state index in [0.717, 1.165) is 44.5 Å². The minimum Gasteiger partial charge on any atom is -0.484 e. The van der Waals surface area contributed by atoms with Crippen molar-refractivity contribution in [2.45, 2.75) is 64.2 Å². The molecule has 1 aliphatic carbocycles. The van der Waals surface area contributed by atoms with Crippen molar-refractivity contribution in [2.75, 3.05) is 35.0 Å². The Kier molecular flexibility index (Phi) is 18.2. The summed E-state index contributed by atoms with van der Waals surface area (Å²) in [5.74, 6) is 2.05. The number of hydrogen-bond donors (Lipinski definition) is 0. The van der Waals surface area contributed by atoms with Crippen molar-refractivity contribution in [3.05, 3.63) is 70.8 Å². The quantitative estimate of drug-likeness (QED) is 0.201. The lowest BCUT2D eigenvalue weighted by atomic mass is 9.83. The van der Waals surface area contributed by atoms with E-state index in [0.29, 0.717) is 42.1 Å². The molecule has 230 valence electrons. The van der Waals surface area contributed by atoms with E-state index < -0.39 is 7.25 Å². The van der Waals surface area contributed by atoms with E-state index in [9.17, 15) is 22.1 Å². The highest BCUT2D eigenvalue weighted by molar-refractivity contribution is 6.50. The van der Waals surface area contributed by atoms with Gasteiger partial charge in [0.15, 0.2) is 5.90 Å². The number of nitrogens with zero attached hydrogens (tertiary/aromatic N) is 3. The number of carbonyl (C=O) groups is 1. The lowest BCUT2D eigenvalue weighted by Crippen LogP contribution is -2.16. The topological polar surface area (TPSA) is 88.9 Å². The molecule has 11 heteroatoms. The van der Waals surface area contributed by atoms with Crippen LogP contribution in [0.15, 0.2) is 53.5 Å². The number of rotatable bonds is 2. The molecule has 42 heavy (non-hydrogen) atoms. The summed E-state index contributed by atoms with van der Waals surface area (Å²) < 4.78 is 53.0. The van der Waals surface area contributed by atoms with Gasteiger partial charge in [-0.2, -0.15) is 10.5 Å². The van der Waals surface area contributed by atoms with Gasteiger partial charge in [0.05, 0.1) is 30.4 Å². The first kappa shape index (κ1) is 36.3.